The molecule has 3 aromatic rings. The number of aliphatic carboxylic acids is 1. The SMILES string of the molecule is NC(Cc1ccc2c(c1)oc1ccccc12)C(=O)O. The highest BCUT2D eigenvalue weighted by Crippen LogP contribution is 2.29. The lowest BCUT2D eigenvalue weighted by atomic mass is 10.0. The van der Waals surface area contributed by atoms with Gasteiger partial charge in [0.15, 0.2) is 0 Å². The lowest BCUT2D eigenvalue weighted by Gasteiger charge is -2.05. The van der Waals surface area contributed by atoms with E-state index in [-0.39, 0.29) is 0 Å². The number of fused-ring (bicyclic) bond motifs is 3. The number of para-hydroxylation sites is 1. The molecule has 0 aliphatic rings. The van der Waals surface area contributed by atoms with E-state index in [4.69, 9.17) is 15.3 Å². The van der Waals surface area contributed by atoms with Crippen molar-refractivity contribution < 1.29 is 14.3 Å². The van der Waals surface area contributed by atoms with Gasteiger partial charge in [-0.1, -0.05) is 30.3 Å². The van der Waals surface area contributed by atoms with Crippen molar-refractivity contribution in [1.82, 2.24) is 0 Å². The van der Waals surface area contributed by atoms with Gasteiger partial charge < -0.3 is 15.3 Å². The van der Waals surface area contributed by atoms with Gasteiger partial charge in [0, 0.05) is 10.8 Å². The van der Waals surface area contributed by atoms with Gasteiger partial charge >= 0.3 is 5.97 Å². The summed E-state index contributed by atoms with van der Waals surface area (Å²) in [6, 6.07) is 12.6. The number of carbonyl (C=O) groups is 1. The highest BCUT2D eigenvalue weighted by atomic mass is 16.4. The fourth-order valence-electron chi connectivity index (χ4n) is 2.24. The van der Waals surface area contributed by atoms with Gasteiger partial charge in [0.2, 0.25) is 0 Å². The van der Waals surface area contributed by atoms with Crippen LogP contribution in [0.4, 0.5) is 0 Å². The number of nitrogens with two attached hydrogens (primary N) is 1. The molecule has 0 bridgehead atoms. The number of hydrogen-bond acceptors (Lipinski definition) is 3. The Morgan fingerprint density at radius 2 is 1.89 bits per heavy atom. The molecule has 0 saturated heterocycles. The average molecular weight is 255 g/mol. The van der Waals surface area contributed by atoms with Crippen LogP contribution < -0.4 is 5.73 Å². The van der Waals surface area contributed by atoms with Crippen molar-refractivity contribution >= 4 is 27.9 Å². The fourth-order valence-corrected chi connectivity index (χ4v) is 2.24. The van der Waals surface area contributed by atoms with Gasteiger partial charge in [-0.3, -0.25) is 4.79 Å². The van der Waals surface area contributed by atoms with E-state index in [0.717, 1.165) is 27.5 Å². The smallest absolute Gasteiger partial charge is 0.320 e. The van der Waals surface area contributed by atoms with Crippen LogP contribution in [0.3, 0.4) is 0 Å². The monoisotopic (exact) mass is 255 g/mol. The van der Waals surface area contributed by atoms with E-state index in [0.29, 0.717) is 6.42 Å². The van der Waals surface area contributed by atoms with E-state index in [9.17, 15) is 4.79 Å². The maximum Gasteiger partial charge on any atom is 0.320 e. The van der Waals surface area contributed by atoms with Crippen LogP contribution in [0.1, 0.15) is 5.56 Å². The highest BCUT2D eigenvalue weighted by molar-refractivity contribution is 6.04. The van der Waals surface area contributed by atoms with Crippen molar-refractivity contribution in [3.8, 4) is 0 Å². The van der Waals surface area contributed by atoms with Crippen LogP contribution in [0.2, 0.25) is 0 Å². The summed E-state index contributed by atoms with van der Waals surface area (Å²) in [5, 5.41) is 10.9. The summed E-state index contributed by atoms with van der Waals surface area (Å²) >= 11 is 0. The molecule has 3 N–H and O–H groups in total. The molecule has 96 valence electrons. The zero-order valence-electron chi connectivity index (χ0n) is 10.2. The minimum atomic E-state index is -0.996. The van der Waals surface area contributed by atoms with Gasteiger partial charge in [0.05, 0.1) is 0 Å². The second-order valence-electron chi connectivity index (χ2n) is 4.58. The Morgan fingerprint density at radius 3 is 2.68 bits per heavy atom. The molecule has 4 heteroatoms. The molecule has 0 radical (unpaired) electrons. The molecule has 0 saturated carbocycles. The fraction of sp³-hybridized carbons (Fsp3) is 0.133. The van der Waals surface area contributed by atoms with Gasteiger partial charge in [0.25, 0.3) is 0 Å². The Kier molecular flexibility index (Phi) is 2.72. The van der Waals surface area contributed by atoms with Crippen LogP contribution in [-0.4, -0.2) is 17.1 Å². The van der Waals surface area contributed by atoms with E-state index in [1.165, 1.54) is 0 Å². The van der Waals surface area contributed by atoms with Crippen molar-refractivity contribution in [2.45, 2.75) is 12.5 Å². The quantitative estimate of drug-likeness (QED) is 0.754. The number of carboxylic acid groups (broad SMARTS) is 1. The van der Waals surface area contributed by atoms with E-state index < -0.39 is 12.0 Å². The standard InChI is InChI=1S/C15H13NO3/c16-12(15(17)18)7-9-5-6-11-10-3-1-2-4-13(10)19-14(11)8-9/h1-6,8,12H,7,16H2,(H,17,18). The van der Waals surface area contributed by atoms with Gasteiger partial charge in [-0.15, -0.1) is 0 Å². The third-order valence-corrected chi connectivity index (χ3v) is 3.22. The second-order valence-corrected chi connectivity index (χ2v) is 4.58. The number of benzene rings is 2. The van der Waals surface area contributed by atoms with Gasteiger partial charge in [-0.25, -0.2) is 0 Å². The van der Waals surface area contributed by atoms with Crippen LogP contribution in [-0.2, 0) is 11.2 Å². The van der Waals surface area contributed by atoms with Crippen molar-refractivity contribution in [1.29, 1.82) is 0 Å². The molecular formula is C15H13NO3. The van der Waals surface area contributed by atoms with Crippen molar-refractivity contribution in [2.75, 3.05) is 0 Å². The molecule has 19 heavy (non-hydrogen) atoms. The van der Waals surface area contributed by atoms with Crippen molar-refractivity contribution in [3.05, 3.63) is 48.0 Å². The minimum absolute atomic E-state index is 0.294. The van der Waals surface area contributed by atoms with Crippen LogP contribution in [0.15, 0.2) is 46.9 Å². The summed E-state index contributed by atoms with van der Waals surface area (Å²) in [6.45, 7) is 0. The normalized spacial score (nSPS) is 12.9. The van der Waals surface area contributed by atoms with Crippen molar-refractivity contribution in [3.63, 3.8) is 0 Å². The maximum absolute atomic E-state index is 10.8. The summed E-state index contributed by atoms with van der Waals surface area (Å²) in [5.74, 6) is -0.996. The largest absolute Gasteiger partial charge is 0.480 e. The van der Waals surface area contributed by atoms with Crippen molar-refractivity contribution in [2.24, 2.45) is 5.73 Å². The third kappa shape index (κ3) is 2.06. The molecule has 1 unspecified atom stereocenters. The number of hydrogen-bond donors (Lipinski definition) is 2. The van der Waals surface area contributed by atoms with Gasteiger partial charge in [-0.2, -0.15) is 0 Å². The summed E-state index contributed by atoms with van der Waals surface area (Å²) in [4.78, 5) is 10.8. The van der Waals surface area contributed by atoms with E-state index in [1.54, 1.807) is 0 Å². The van der Waals surface area contributed by atoms with Crippen LogP contribution in [0.25, 0.3) is 21.9 Å². The van der Waals surface area contributed by atoms with Gasteiger partial charge in [-0.05, 0) is 24.1 Å². The molecule has 3 rings (SSSR count). The Hall–Kier alpha value is -2.33. The Balaban J connectivity index is 2.06. The molecule has 1 atom stereocenters. The maximum atomic E-state index is 10.8. The summed E-state index contributed by atoms with van der Waals surface area (Å²) in [5.41, 5.74) is 7.99. The Morgan fingerprint density at radius 1 is 1.16 bits per heavy atom. The first-order valence-electron chi connectivity index (χ1n) is 6.04. The average Bonchev–Trinajstić information content (AvgIpc) is 2.76. The first-order valence-corrected chi connectivity index (χ1v) is 6.04. The lowest BCUT2D eigenvalue weighted by Crippen LogP contribution is -2.32. The lowest BCUT2D eigenvalue weighted by molar-refractivity contribution is -0.138. The molecule has 4 nitrogen and oxygen atoms in total. The molecular weight excluding hydrogens is 242 g/mol. The zero-order valence-corrected chi connectivity index (χ0v) is 10.2. The first-order chi connectivity index (χ1) is 9.15. The van der Waals surface area contributed by atoms with E-state index >= 15 is 0 Å². The van der Waals surface area contributed by atoms with Crippen LogP contribution >= 0.6 is 0 Å². The number of furan rings is 1. The molecule has 0 fully saturated rings. The molecule has 2 aromatic carbocycles. The summed E-state index contributed by atoms with van der Waals surface area (Å²) < 4.78 is 5.75. The highest BCUT2D eigenvalue weighted by Gasteiger charge is 2.13. The zero-order chi connectivity index (χ0) is 13.4. The topological polar surface area (TPSA) is 76.5 Å². The third-order valence-electron chi connectivity index (χ3n) is 3.22. The summed E-state index contributed by atoms with van der Waals surface area (Å²) in [7, 11) is 0. The second kappa shape index (κ2) is 4.40. The number of rotatable bonds is 3. The molecule has 0 aliphatic heterocycles. The minimum Gasteiger partial charge on any atom is -0.480 e. The molecule has 0 aliphatic carbocycles. The predicted molar refractivity (Wildman–Crippen MR) is 73.0 cm³/mol. The Bertz CT molecular complexity index is 760. The first kappa shape index (κ1) is 11.7. The molecule has 1 aromatic heterocycles. The number of carboxylic acids is 1. The Labute approximate surface area is 109 Å². The van der Waals surface area contributed by atoms with E-state index in [1.807, 2.05) is 42.5 Å². The molecule has 1 heterocycles. The van der Waals surface area contributed by atoms with Crippen LogP contribution in [0, 0.1) is 0 Å². The van der Waals surface area contributed by atoms with Gasteiger partial charge in [0.1, 0.15) is 17.2 Å². The predicted octanol–water partition coefficient (Wildman–Crippen LogP) is 2.54. The molecule has 0 spiro atoms. The molecule has 0 amide bonds. The van der Waals surface area contributed by atoms with E-state index in [2.05, 4.69) is 0 Å². The van der Waals surface area contributed by atoms with Crippen LogP contribution in [0.5, 0.6) is 0 Å². The summed E-state index contributed by atoms with van der Waals surface area (Å²) in [6.07, 6.45) is 0.294.